The van der Waals surface area contributed by atoms with Crippen molar-refractivity contribution in [2.24, 2.45) is 0 Å². The van der Waals surface area contributed by atoms with Gasteiger partial charge in [0.05, 0.1) is 5.69 Å². The Morgan fingerprint density at radius 3 is 2.26 bits per heavy atom. The van der Waals surface area contributed by atoms with E-state index < -0.39 is 0 Å². The van der Waals surface area contributed by atoms with Gasteiger partial charge in [-0.05, 0) is 34.5 Å². The summed E-state index contributed by atoms with van der Waals surface area (Å²) in [7, 11) is 0. The van der Waals surface area contributed by atoms with Crippen molar-refractivity contribution >= 4 is 21.6 Å². The van der Waals surface area contributed by atoms with Gasteiger partial charge >= 0.3 is 0 Å². The van der Waals surface area contributed by atoms with Crippen LogP contribution in [0.2, 0.25) is 0 Å². The first-order valence-corrected chi connectivity index (χ1v) is 8.23. The summed E-state index contributed by atoms with van der Waals surface area (Å²) in [4.78, 5) is 0. The fourth-order valence-electron chi connectivity index (χ4n) is 2.14. The highest BCUT2D eigenvalue weighted by atomic mass is 79.9. The third-order valence-electron chi connectivity index (χ3n) is 3.29. The molecule has 0 saturated heterocycles. The first-order chi connectivity index (χ1) is 9.25. The van der Waals surface area contributed by atoms with E-state index in [-0.39, 0.29) is 5.82 Å². The van der Waals surface area contributed by atoms with E-state index in [1.165, 1.54) is 51.0 Å². The minimum atomic E-state index is -0.186. The molecular formula is C16H25BrFN. The second kappa shape index (κ2) is 10.2. The minimum Gasteiger partial charge on any atom is -0.382 e. The summed E-state index contributed by atoms with van der Waals surface area (Å²) >= 11 is 3.36. The molecule has 0 spiro atoms. The predicted octanol–water partition coefficient (Wildman–Crippen LogP) is 6.14. The minimum absolute atomic E-state index is 0.186. The van der Waals surface area contributed by atoms with E-state index in [0.717, 1.165) is 17.4 Å². The smallest absolute Gasteiger partial charge is 0.147 e. The first kappa shape index (κ1) is 16.5. The molecular weight excluding hydrogens is 305 g/mol. The van der Waals surface area contributed by atoms with Crippen LogP contribution in [0, 0.1) is 5.82 Å². The Morgan fingerprint density at radius 1 is 1.00 bits per heavy atom. The predicted molar refractivity (Wildman–Crippen MR) is 85.2 cm³/mol. The van der Waals surface area contributed by atoms with Gasteiger partial charge in [0.25, 0.3) is 0 Å². The Kier molecular flexibility index (Phi) is 8.89. The molecule has 0 aliphatic carbocycles. The number of anilines is 1. The van der Waals surface area contributed by atoms with Crippen molar-refractivity contribution in [3.8, 4) is 0 Å². The molecule has 0 radical (unpaired) electrons. The Morgan fingerprint density at radius 2 is 1.63 bits per heavy atom. The Balaban J connectivity index is 2.05. The van der Waals surface area contributed by atoms with Crippen LogP contribution in [0.1, 0.15) is 58.3 Å². The van der Waals surface area contributed by atoms with Crippen LogP contribution in [0.4, 0.5) is 10.1 Å². The maximum absolute atomic E-state index is 13.5. The lowest BCUT2D eigenvalue weighted by molar-refractivity contribution is 0.580. The zero-order chi connectivity index (χ0) is 13.9. The van der Waals surface area contributed by atoms with Crippen molar-refractivity contribution in [1.29, 1.82) is 0 Å². The Hall–Kier alpha value is -0.570. The molecule has 0 fully saturated rings. The molecule has 108 valence electrons. The molecule has 0 heterocycles. The zero-order valence-corrected chi connectivity index (χ0v) is 13.4. The van der Waals surface area contributed by atoms with Crippen LogP contribution in [-0.2, 0) is 0 Å². The topological polar surface area (TPSA) is 12.0 Å². The summed E-state index contributed by atoms with van der Waals surface area (Å²) in [5.41, 5.74) is 0.588. The van der Waals surface area contributed by atoms with Crippen LogP contribution in [0.5, 0.6) is 0 Å². The summed E-state index contributed by atoms with van der Waals surface area (Å²) in [6.45, 7) is 3.08. The quantitative estimate of drug-likeness (QED) is 0.508. The number of rotatable bonds is 10. The van der Waals surface area contributed by atoms with Gasteiger partial charge in [0.2, 0.25) is 0 Å². The lowest BCUT2D eigenvalue weighted by Crippen LogP contribution is -2.04. The Labute approximate surface area is 125 Å². The lowest BCUT2D eigenvalue weighted by Gasteiger charge is -2.09. The van der Waals surface area contributed by atoms with E-state index in [2.05, 4.69) is 28.2 Å². The molecule has 0 bridgehead atoms. The molecule has 3 heteroatoms. The van der Waals surface area contributed by atoms with E-state index in [4.69, 9.17) is 0 Å². The number of benzene rings is 1. The van der Waals surface area contributed by atoms with E-state index in [1.54, 1.807) is 6.07 Å². The SMILES string of the molecule is CCCCCCCCCCNc1c(F)cccc1Br. The van der Waals surface area contributed by atoms with Crippen LogP contribution in [-0.4, -0.2) is 6.54 Å². The summed E-state index contributed by atoms with van der Waals surface area (Å²) in [6, 6.07) is 5.06. The highest BCUT2D eigenvalue weighted by Crippen LogP contribution is 2.25. The zero-order valence-electron chi connectivity index (χ0n) is 11.9. The van der Waals surface area contributed by atoms with Gasteiger partial charge in [0, 0.05) is 11.0 Å². The fraction of sp³-hybridized carbons (Fsp3) is 0.625. The molecule has 0 amide bonds. The number of para-hydroxylation sites is 1. The molecule has 1 nitrogen and oxygen atoms in total. The highest BCUT2D eigenvalue weighted by Gasteiger charge is 2.04. The summed E-state index contributed by atoms with van der Waals surface area (Å²) in [5, 5.41) is 3.17. The third kappa shape index (κ3) is 6.95. The van der Waals surface area contributed by atoms with Gasteiger partial charge in [-0.1, -0.05) is 57.9 Å². The molecule has 1 aromatic rings. The van der Waals surface area contributed by atoms with Crippen molar-refractivity contribution in [2.45, 2.75) is 58.3 Å². The van der Waals surface area contributed by atoms with Crippen LogP contribution in [0.25, 0.3) is 0 Å². The molecule has 0 atom stereocenters. The molecule has 0 aliphatic heterocycles. The molecule has 0 aliphatic rings. The molecule has 19 heavy (non-hydrogen) atoms. The van der Waals surface area contributed by atoms with Crippen LogP contribution in [0.3, 0.4) is 0 Å². The van der Waals surface area contributed by atoms with Crippen molar-refractivity contribution < 1.29 is 4.39 Å². The second-order valence-electron chi connectivity index (χ2n) is 5.00. The summed E-state index contributed by atoms with van der Waals surface area (Å²) in [6.07, 6.45) is 10.4. The molecule has 0 aromatic heterocycles. The monoisotopic (exact) mass is 329 g/mol. The van der Waals surface area contributed by atoms with Gasteiger partial charge in [-0.3, -0.25) is 0 Å². The van der Waals surface area contributed by atoms with Crippen molar-refractivity contribution in [2.75, 3.05) is 11.9 Å². The van der Waals surface area contributed by atoms with Crippen LogP contribution in [0.15, 0.2) is 22.7 Å². The van der Waals surface area contributed by atoms with Crippen LogP contribution < -0.4 is 5.32 Å². The highest BCUT2D eigenvalue weighted by molar-refractivity contribution is 9.10. The molecule has 1 aromatic carbocycles. The van der Waals surface area contributed by atoms with Crippen molar-refractivity contribution in [1.82, 2.24) is 0 Å². The van der Waals surface area contributed by atoms with Gasteiger partial charge in [-0.2, -0.15) is 0 Å². The lowest BCUT2D eigenvalue weighted by atomic mass is 10.1. The van der Waals surface area contributed by atoms with Gasteiger partial charge in [-0.15, -0.1) is 0 Å². The number of halogens is 2. The molecule has 1 N–H and O–H groups in total. The maximum atomic E-state index is 13.5. The van der Waals surface area contributed by atoms with E-state index in [9.17, 15) is 4.39 Å². The standard InChI is InChI=1S/C16H25BrFN/c1-2-3-4-5-6-7-8-9-13-19-16-14(17)11-10-12-15(16)18/h10-12,19H,2-9,13H2,1H3. The van der Waals surface area contributed by atoms with Crippen LogP contribution >= 0.6 is 15.9 Å². The van der Waals surface area contributed by atoms with E-state index in [1.807, 2.05) is 6.07 Å². The molecule has 0 unspecified atom stereocenters. The second-order valence-corrected chi connectivity index (χ2v) is 5.85. The normalized spacial score (nSPS) is 10.7. The largest absolute Gasteiger partial charge is 0.382 e. The average molecular weight is 330 g/mol. The van der Waals surface area contributed by atoms with Gasteiger partial charge in [0.1, 0.15) is 5.82 Å². The average Bonchev–Trinajstić information content (AvgIpc) is 2.40. The van der Waals surface area contributed by atoms with Crippen molar-refractivity contribution in [3.63, 3.8) is 0 Å². The maximum Gasteiger partial charge on any atom is 0.147 e. The number of nitrogens with one attached hydrogen (secondary N) is 1. The van der Waals surface area contributed by atoms with Gasteiger partial charge in [0.15, 0.2) is 0 Å². The number of hydrogen-bond acceptors (Lipinski definition) is 1. The van der Waals surface area contributed by atoms with E-state index >= 15 is 0 Å². The first-order valence-electron chi connectivity index (χ1n) is 7.43. The van der Waals surface area contributed by atoms with Gasteiger partial charge < -0.3 is 5.32 Å². The third-order valence-corrected chi connectivity index (χ3v) is 3.96. The van der Waals surface area contributed by atoms with Gasteiger partial charge in [-0.25, -0.2) is 4.39 Å². The summed E-state index contributed by atoms with van der Waals surface area (Å²) in [5.74, 6) is -0.186. The number of hydrogen-bond donors (Lipinski definition) is 1. The summed E-state index contributed by atoms with van der Waals surface area (Å²) < 4.78 is 14.3. The molecule has 1 rings (SSSR count). The fourth-order valence-corrected chi connectivity index (χ4v) is 2.62. The Bertz CT molecular complexity index is 334. The molecule has 0 saturated carbocycles. The number of unbranched alkanes of at least 4 members (excludes halogenated alkanes) is 7. The van der Waals surface area contributed by atoms with E-state index in [0.29, 0.717) is 5.69 Å². The van der Waals surface area contributed by atoms with Crippen molar-refractivity contribution in [3.05, 3.63) is 28.5 Å².